The molecular weight excluding hydrogens is 292 g/mol. The fourth-order valence-corrected chi connectivity index (χ4v) is 3.07. The highest BCUT2D eigenvalue weighted by atomic mass is 16.5. The Balaban J connectivity index is 1.79. The summed E-state index contributed by atoms with van der Waals surface area (Å²) in [5.41, 5.74) is 1.06. The number of carbonyl (C=O) groups is 2. The van der Waals surface area contributed by atoms with Gasteiger partial charge in [-0.25, -0.2) is 4.79 Å². The first-order valence-corrected chi connectivity index (χ1v) is 8.31. The van der Waals surface area contributed by atoms with E-state index in [9.17, 15) is 9.59 Å². The Morgan fingerprint density at radius 3 is 2.48 bits per heavy atom. The van der Waals surface area contributed by atoms with Gasteiger partial charge in [0, 0.05) is 19.6 Å². The van der Waals surface area contributed by atoms with Gasteiger partial charge in [-0.2, -0.15) is 0 Å². The molecule has 5 heteroatoms. The summed E-state index contributed by atoms with van der Waals surface area (Å²) in [6.07, 6.45) is 2.33. The van der Waals surface area contributed by atoms with E-state index >= 15 is 0 Å². The molecule has 1 aliphatic heterocycles. The summed E-state index contributed by atoms with van der Waals surface area (Å²) in [7, 11) is 1.41. The minimum Gasteiger partial charge on any atom is -0.453 e. The monoisotopic (exact) mass is 318 g/mol. The Bertz CT molecular complexity index is 510. The lowest BCUT2D eigenvalue weighted by molar-refractivity contribution is -0.122. The largest absolute Gasteiger partial charge is 0.453 e. The minimum absolute atomic E-state index is 0.0913. The van der Waals surface area contributed by atoms with Crippen LogP contribution in [0, 0.1) is 5.92 Å². The third-order valence-corrected chi connectivity index (χ3v) is 4.54. The van der Waals surface area contributed by atoms with E-state index in [1.807, 2.05) is 37.3 Å². The Morgan fingerprint density at radius 2 is 1.91 bits per heavy atom. The summed E-state index contributed by atoms with van der Waals surface area (Å²) >= 11 is 0. The first-order valence-electron chi connectivity index (χ1n) is 8.31. The quantitative estimate of drug-likeness (QED) is 0.908. The zero-order valence-electron chi connectivity index (χ0n) is 14.0. The Hall–Kier alpha value is -2.04. The molecule has 1 fully saturated rings. The number of ether oxygens (including phenoxy) is 1. The number of amides is 2. The van der Waals surface area contributed by atoms with E-state index in [0.29, 0.717) is 25.6 Å². The molecule has 23 heavy (non-hydrogen) atoms. The van der Waals surface area contributed by atoms with Gasteiger partial charge in [0.05, 0.1) is 13.0 Å². The zero-order chi connectivity index (χ0) is 16.7. The molecule has 1 N–H and O–H groups in total. The summed E-state index contributed by atoms with van der Waals surface area (Å²) in [4.78, 5) is 25.6. The number of likely N-dealkylation sites (tertiary alicyclic amines) is 1. The van der Waals surface area contributed by atoms with E-state index in [0.717, 1.165) is 24.8 Å². The number of hydrogen-bond acceptors (Lipinski definition) is 3. The number of nitrogens with zero attached hydrogens (tertiary/aromatic N) is 1. The van der Waals surface area contributed by atoms with Crippen molar-refractivity contribution in [1.29, 1.82) is 0 Å². The average molecular weight is 318 g/mol. The van der Waals surface area contributed by atoms with Crippen molar-refractivity contribution in [3.8, 4) is 0 Å². The third kappa shape index (κ3) is 4.71. The molecule has 1 heterocycles. The fraction of sp³-hybridized carbons (Fsp3) is 0.556. The summed E-state index contributed by atoms with van der Waals surface area (Å²) in [5, 5.41) is 3.09. The van der Waals surface area contributed by atoms with Gasteiger partial charge in [-0.15, -0.1) is 0 Å². The lowest BCUT2D eigenvalue weighted by Gasteiger charge is -2.31. The fourth-order valence-electron chi connectivity index (χ4n) is 3.07. The average Bonchev–Trinajstić information content (AvgIpc) is 2.61. The van der Waals surface area contributed by atoms with Crippen molar-refractivity contribution in [2.24, 2.45) is 5.92 Å². The number of nitrogens with one attached hydrogen (secondary N) is 1. The highest BCUT2D eigenvalue weighted by Gasteiger charge is 2.24. The van der Waals surface area contributed by atoms with Crippen molar-refractivity contribution >= 4 is 12.0 Å². The van der Waals surface area contributed by atoms with E-state index in [4.69, 9.17) is 4.74 Å². The van der Waals surface area contributed by atoms with Crippen molar-refractivity contribution in [2.45, 2.75) is 32.1 Å². The van der Waals surface area contributed by atoms with Crippen LogP contribution in [0.3, 0.4) is 0 Å². The highest BCUT2D eigenvalue weighted by Crippen LogP contribution is 2.21. The van der Waals surface area contributed by atoms with Gasteiger partial charge in [-0.05, 0) is 30.7 Å². The molecule has 5 nitrogen and oxygen atoms in total. The topological polar surface area (TPSA) is 58.6 Å². The van der Waals surface area contributed by atoms with Gasteiger partial charge in [0.25, 0.3) is 0 Å². The standard InChI is InChI=1S/C18H26N2O3/c1-3-16(15-7-5-4-6-8-15)17(21)19-13-14-9-11-20(12-10-14)18(22)23-2/h4-8,14,16H,3,9-13H2,1-2H3,(H,19,21). The number of carbonyl (C=O) groups excluding carboxylic acids is 2. The van der Waals surface area contributed by atoms with E-state index in [1.165, 1.54) is 7.11 Å². The molecule has 0 radical (unpaired) electrons. The molecule has 0 saturated carbocycles. The van der Waals surface area contributed by atoms with Gasteiger partial charge >= 0.3 is 6.09 Å². The maximum atomic E-state index is 12.4. The van der Waals surface area contributed by atoms with E-state index in [1.54, 1.807) is 4.90 Å². The van der Waals surface area contributed by atoms with E-state index in [2.05, 4.69) is 5.32 Å². The van der Waals surface area contributed by atoms with Crippen LogP contribution in [-0.2, 0) is 9.53 Å². The van der Waals surface area contributed by atoms with Crippen LogP contribution >= 0.6 is 0 Å². The maximum Gasteiger partial charge on any atom is 0.409 e. The SMILES string of the molecule is CCC(C(=O)NCC1CCN(C(=O)OC)CC1)c1ccccc1. The van der Waals surface area contributed by atoms with Crippen LogP contribution < -0.4 is 5.32 Å². The van der Waals surface area contributed by atoms with Crippen LogP contribution in [0.5, 0.6) is 0 Å². The molecule has 0 aromatic heterocycles. The van der Waals surface area contributed by atoms with Crippen molar-refractivity contribution in [3.63, 3.8) is 0 Å². The molecule has 126 valence electrons. The molecule has 0 bridgehead atoms. The van der Waals surface area contributed by atoms with Crippen LogP contribution in [0.25, 0.3) is 0 Å². The summed E-state index contributed by atoms with van der Waals surface area (Å²) < 4.78 is 4.74. The van der Waals surface area contributed by atoms with Crippen molar-refractivity contribution < 1.29 is 14.3 Å². The van der Waals surface area contributed by atoms with Gasteiger partial charge < -0.3 is 15.0 Å². The second-order valence-electron chi connectivity index (χ2n) is 6.02. The molecule has 2 rings (SSSR count). The highest BCUT2D eigenvalue weighted by molar-refractivity contribution is 5.83. The molecule has 1 atom stereocenters. The number of methoxy groups -OCH3 is 1. The van der Waals surface area contributed by atoms with Gasteiger partial charge in [-0.3, -0.25) is 4.79 Å². The van der Waals surface area contributed by atoms with Gasteiger partial charge in [0.15, 0.2) is 0 Å². The lowest BCUT2D eigenvalue weighted by Crippen LogP contribution is -2.42. The lowest BCUT2D eigenvalue weighted by atomic mass is 9.94. The van der Waals surface area contributed by atoms with Crippen LogP contribution in [0.1, 0.15) is 37.7 Å². The molecule has 1 saturated heterocycles. The predicted octanol–water partition coefficient (Wildman–Crippen LogP) is 2.77. The number of hydrogen-bond donors (Lipinski definition) is 1. The van der Waals surface area contributed by atoms with Gasteiger partial charge in [0.1, 0.15) is 0 Å². The first-order chi connectivity index (χ1) is 11.2. The number of piperidine rings is 1. The molecule has 0 spiro atoms. The zero-order valence-corrected chi connectivity index (χ0v) is 14.0. The Morgan fingerprint density at radius 1 is 1.26 bits per heavy atom. The number of rotatable bonds is 5. The molecule has 1 unspecified atom stereocenters. The number of benzene rings is 1. The maximum absolute atomic E-state index is 12.4. The summed E-state index contributed by atoms with van der Waals surface area (Å²) in [5.74, 6) is 0.425. The van der Waals surface area contributed by atoms with Gasteiger partial charge in [-0.1, -0.05) is 37.3 Å². The predicted molar refractivity (Wildman–Crippen MR) is 89.2 cm³/mol. The summed E-state index contributed by atoms with van der Waals surface area (Å²) in [6.45, 7) is 4.11. The van der Waals surface area contributed by atoms with E-state index in [-0.39, 0.29) is 17.9 Å². The molecule has 2 amide bonds. The molecule has 1 aromatic rings. The smallest absolute Gasteiger partial charge is 0.409 e. The molecular formula is C18H26N2O3. The normalized spacial score (nSPS) is 16.7. The minimum atomic E-state index is -0.261. The van der Waals surface area contributed by atoms with Crippen LogP contribution in [0.2, 0.25) is 0 Å². The van der Waals surface area contributed by atoms with Crippen molar-refractivity contribution in [2.75, 3.05) is 26.7 Å². The Kier molecular flexibility index (Phi) is 6.44. The van der Waals surface area contributed by atoms with E-state index < -0.39 is 0 Å². The molecule has 1 aliphatic rings. The second kappa shape index (κ2) is 8.56. The van der Waals surface area contributed by atoms with Crippen LogP contribution in [0.4, 0.5) is 4.79 Å². The van der Waals surface area contributed by atoms with Gasteiger partial charge in [0.2, 0.25) is 5.91 Å². The third-order valence-electron chi connectivity index (χ3n) is 4.54. The van der Waals surface area contributed by atoms with Crippen molar-refractivity contribution in [1.82, 2.24) is 10.2 Å². The van der Waals surface area contributed by atoms with Crippen LogP contribution in [-0.4, -0.2) is 43.6 Å². The first kappa shape index (κ1) is 17.3. The van der Waals surface area contributed by atoms with Crippen molar-refractivity contribution in [3.05, 3.63) is 35.9 Å². The summed E-state index contributed by atoms with van der Waals surface area (Å²) in [6, 6.07) is 9.90. The Labute approximate surface area is 138 Å². The second-order valence-corrected chi connectivity index (χ2v) is 6.02. The molecule has 1 aromatic carbocycles. The molecule has 0 aliphatic carbocycles. The van der Waals surface area contributed by atoms with Crippen LogP contribution in [0.15, 0.2) is 30.3 Å².